The second-order valence-electron chi connectivity index (χ2n) is 4.97. The summed E-state index contributed by atoms with van der Waals surface area (Å²) in [5.74, 6) is 0.220. The first kappa shape index (κ1) is 14.5. The molecule has 3 aromatic rings. The smallest absolute Gasteiger partial charge is 0.262 e. The number of hydrogen-bond acceptors (Lipinski definition) is 5. The van der Waals surface area contributed by atoms with Crippen molar-refractivity contribution in [2.75, 3.05) is 11.9 Å². The van der Waals surface area contributed by atoms with Crippen LogP contribution < -0.4 is 10.1 Å². The van der Waals surface area contributed by atoms with Crippen molar-refractivity contribution in [3.05, 3.63) is 47.1 Å². The Morgan fingerprint density at radius 1 is 1.27 bits per heavy atom. The minimum atomic E-state index is -0.212. The second-order valence-corrected chi connectivity index (χ2v) is 5.87. The molecule has 3 rings (SSSR count). The molecule has 1 aromatic carbocycles. The van der Waals surface area contributed by atoms with Gasteiger partial charge < -0.3 is 10.1 Å². The number of thiophene rings is 1. The molecule has 0 aliphatic heterocycles. The van der Waals surface area contributed by atoms with Crippen LogP contribution in [0.25, 0.3) is 10.2 Å². The number of aromatic nitrogens is 2. The van der Waals surface area contributed by atoms with Crippen LogP contribution in [0.1, 0.15) is 11.1 Å². The number of amides is 1. The van der Waals surface area contributed by atoms with E-state index in [0.29, 0.717) is 5.88 Å². The number of aryl methyl sites for hydroxylation is 2. The van der Waals surface area contributed by atoms with Gasteiger partial charge in [-0.25, -0.2) is 9.97 Å². The van der Waals surface area contributed by atoms with E-state index in [1.165, 1.54) is 17.7 Å². The Bertz CT molecular complexity index is 829. The highest BCUT2D eigenvalue weighted by Crippen LogP contribution is 2.25. The first-order chi connectivity index (χ1) is 10.6. The average Bonchev–Trinajstić information content (AvgIpc) is 2.98. The Kier molecular flexibility index (Phi) is 4.02. The van der Waals surface area contributed by atoms with Crippen LogP contribution in [0, 0.1) is 13.8 Å². The molecule has 1 amide bonds. The molecule has 22 heavy (non-hydrogen) atoms. The van der Waals surface area contributed by atoms with Gasteiger partial charge in [-0.1, -0.05) is 12.1 Å². The number of benzene rings is 1. The van der Waals surface area contributed by atoms with E-state index in [1.54, 1.807) is 0 Å². The van der Waals surface area contributed by atoms with Gasteiger partial charge in [0.15, 0.2) is 6.61 Å². The number of anilines is 1. The molecule has 0 saturated carbocycles. The van der Waals surface area contributed by atoms with Gasteiger partial charge in [0, 0.05) is 5.69 Å². The minimum absolute atomic E-state index is 0.0880. The summed E-state index contributed by atoms with van der Waals surface area (Å²) in [4.78, 5) is 21.1. The van der Waals surface area contributed by atoms with Crippen molar-refractivity contribution >= 4 is 33.1 Å². The molecule has 0 unspecified atom stereocenters. The standard InChI is InChI=1S/C16H15N3O2S/c1-10-3-4-11(2)13(7-10)19-14(20)8-21-15-12-5-6-22-16(12)18-9-17-15/h3-7,9H,8H2,1-2H3,(H,19,20). The zero-order valence-electron chi connectivity index (χ0n) is 12.3. The van der Waals surface area contributed by atoms with E-state index < -0.39 is 0 Å². The summed E-state index contributed by atoms with van der Waals surface area (Å²) in [5, 5.41) is 5.60. The van der Waals surface area contributed by atoms with Crippen LogP contribution in [0.3, 0.4) is 0 Å². The predicted molar refractivity (Wildman–Crippen MR) is 87.5 cm³/mol. The van der Waals surface area contributed by atoms with Crippen molar-refractivity contribution in [1.29, 1.82) is 0 Å². The molecule has 2 heterocycles. The van der Waals surface area contributed by atoms with E-state index in [0.717, 1.165) is 27.0 Å². The molecule has 1 N–H and O–H groups in total. The van der Waals surface area contributed by atoms with Crippen molar-refractivity contribution in [2.45, 2.75) is 13.8 Å². The SMILES string of the molecule is Cc1ccc(C)c(NC(=O)COc2ncnc3sccc23)c1. The van der Waals surface area contributed by atoms with Gasteiger partial charge in [-0.05, 0) is 42.5 Å². The van der Waals surface area contributed by atoms with Crippen LogP contribution in [0.15, 0.2) is 36.0 Å². The quantitative estimate of drug-likeness (QED) is 0.802. The number of nitrogens with one attached hydrogen (secondary N) is 1. The molecule has 2 aromatic heterocycles. The van der Waals surface area contributed by atoms with Gasteiger partial charge in [-0.2, -0.15) is 0 Å². The Labute approximate surface area is 132 Å². The average molecular weight is 313 g/mol. The molecule has 6 heteroatoms. The maximum atomic E-state index is 12.0. The summed E-state index contributed by atoms with van der Waals surface area (Å²) in [6, 6.07) is 7.81. The zero-order chi connectivity index (χ0) is 15.5. The fourth-order valence-electron chi connectivity index (χ4n) is 2.07. The molecule has 112 valence electrons. The van der Waals surface area contributed by atoms with E-state index in [1.807, 2.05) is 43.5 Å². The van der Waals surface area contributed by atoms with Gasteiger partial charge in [0.1, 0.15) is 11.2 Å². The molecule has 0 aliphatic rings. The Morgan fingerprint density at radius 2 is 2.14 bits per heavy atom. The lowest BCUT2D eigenvalue weighted by Gasteiger charge is -2.10. The minimum Gasteiger partial charge on any atom is -0.467 e. The van der Waals surface area contributed by atoms with Crippen LogP contribution in [-0.4, -0.2) is 22.5 Å². The highest BCUT2D eigenvalue weighted by atomic mass is 32.1. The summed E-state index contributed by atoms with van der Waals surface area (Å²) < 4.78 is 5.53. The summed E-state index contributed by atoms with van der Waals surface area (Å²) in [6.07, 6.45) is 1.44. The lowest BCUT2D eigenvalue weighted by Crippen LogP contribution is -2.21. The third kappa shape index (κ3) is 3.07. The normalized spacial score (nSPS) is 10.6. The predicted octanol–water partition coefficient (Wildman–Crippen LogP) is 3.33. The Balaban J connectivity index is 1.67. The van der Waals surface area contributed by atoms with Crippen LogP contribution in [0.2, 0.25) is 0 Å². The van der Waals surface area contributed by atoms with Gasteiger partial charge in [0.05, 0.1) is 5.39 Å². The van der Waals surface area contributed by atoms with E-state index in [-0.39, 0.29) is 12.5 Å². The number of ether oxygens (including phenoxy) is 1. The topological polar surface area (TPSA) is 64.1 Å². The fourth-order valence-corrected chi connectivity index (χ4v) is 2.80. The molecule has 0 atom stereocenters. The summed E-state index contributed by atoms with van der Waals surface area (Å²) in [6.45, 7) is 3.85. The first-order valence-corrected chi connectivity index (χ1v) is 7.69. The van der Waals surface area contributed by atoms with Gasteiger partial charge >= 0.3 is 0 Å². The highest BCUT2D eigenvalue weighted by Gasteiger charge is 2.10. The van der Waals surface area contributed by atoms with Crippen LogP contribution >= 0.6 is 11.3 Å². The van der Waals surface area contributed by atoms with Gasteiger partial charge in [0.2, 0.25) is 5.88 Å². The third-order valence-electron chi connectivity index (χ3n) is 3.23. The summed E-state index contributed by atoms with van der Waals surface area (Å²) in [7, 11) is 0. The number of hydrogen-bond donors (Lipinski definition) is 1. The van der Waals surface area contributed by atoms with E-state index in [2.05, 4.69) is 15.3 Å². The largest absolute Gasteiger partial charge is 0.467 e. The molecular weight excluding hydrogens is 298 g/mol. The van der Waals surface area contributed by atoms with E-state index >= 15 is 0 Å². The van der Waals surface area contributed by atoms with Gasteiger partial charge in [-0.15, -0.1) is 11.3 Å². The van der Waals surface area contributed by atoms with Crippen molar-refractivity contribution < 1.29 is 9.53 Å². The third-order valence-corrected chi connectivity index (χ3v) is 4.05. The maximum Gasteiger partial charge on any atom is 0.262 e. The molecule has 0 aliphatic carbocycles. The molecule has 5 nitrogen and oxygen atoms in total. The number of carbonyl (C=O) groups is 1. The Morgan fingerprint density at radius 3 is 3.00 bits per heavy atom. The van der Waals surface area contributed by atoms with E-state index in [9.17, 15) is 4.79 Å². The number of nitrogens with zero attached hydrogens (tertiary/aromatic N) is 2. The number of rotatable bonds is 4. The first-order valence-electron chi connectivity index (χ1n) is 6.81. The van der Waals surface area contributed by atoms with Gasteiger partial charge in [0.25, 0.3) is 5.91 Å². The highest BCUT2D eigenvalue weighted by molar-refractivity contribution is 7.16. The van der Waals surface area contributed by atoms with Crippen molar-refractivity contribution in [3.8, 4) is 5.88 Å². The van der Waals surface area contributed by atoms with Gasteiger partial charge in [-0.3, -0.25) is 4.79 Å². The molecule has 0 bridgehead atoms. The monoisotopic (exact) mass is 313 g/mol. The zero-order valence-corrected chi connectivity index (χ0v) is 13.1. The molecular formula is C16H15N3O2S. The molecule has 0 radical (unpaired) electrons. The Hall–Kier alpha value is -2.47. The molecule has 0 saturated heterocycles. The second kappa shape index (κ2) is 6.11. The van der Waals surface area contributed by atoms with Crippen LogP contribution in [-0.2, 0) is 4.79 Å². The number of fused-ring (bicyclic) bond motifs is 1. The van der Waals surface area contributed by atoms with Crippen molar-refractivity contribution in [1.82, 2.24) is 9.97 Å². The summed E-state index contributed by atoms with van der Waals surface area (Å²) in [5.41, 5.74) is 2.91. The molecule has 0 spiro atoms. The lowest BCUT2D eigenvalue weighted by molar-refractivity contribution is -0.118. The lowest BCUT2D eigenvalue weighted by atomic mass is 10.1. The van der Waals surface area contributed by atoms with Crippen LogP contribution in [0.5, 0.6) is 5.88 Å². The molecule has 0 fully saturated rings. The number of carbonyl (C=O) groups excluding carboxylic acids is 1. The van der Waals surface area contributed by atoms with Crippen molar-refractivity contribution in [3.63, 3.8) is 0 Å². The van der Waals surface area contributed by atoms with Crippen molar-refractivity contribution in [2.24, 2.45) is 0 Å². The van der Waals surface area contributed by atoms with Crippen LogP contribution in [0.4, 0.5) is 5.69 Å². The fraction of sp³-hybridized carbons (Fsp3) is 0.188. The van der Waals surface area contributed by atoms with E-state index in [4.69, 9.17) is 4.74 Å². The maximum absolute atomic E-state index is 12.0. The summed E-state index contributed by atoms with van der Waals surface area (Å²) >= 11 is 1.51.